The van der Waals surface area contributed by atoms with Gasteiger partial charge in [0, 0.05) is 37.4 Å². The molecule has 2 aromatic rings. The van der Waals surface area contributed by atoms with Gasteiger partial charge in [-0.3, -0.25) is 4.79 Å². The summed E-state index contributed by atoms with van der Waals surface area (Å²) in [4.78, 5) is 21.4. The molecule has 2 fully saturated rings. The SMILES string of the molecule is O=C(Cn1ccnc1)N1CC[C@]2(CCCN(CCCc3ccccc3)C2)C1. The lowest BCUT2D eigenvalue weighted by Crippen LogP contribution is -2.45. The molecule has 0 bridgehead atoms. The van der Waals surface area contributed by atoms with Gasteiger partial charge in [-0.05, 0) is 50.8 Å². The average molecular weight is 367 g/mol. The van der Waals surface area contributed by atoms with Crippen molar-refractivity contribution in [3.8, 4) is 0 Å². The third-order valence-corrected chi connectivity index (χ3v) is 6.19. The molecule has 1 aromatic heterocycles. The highest BCUT2D eigenvalue weighted by atomic mass is 16.2. The Morgan fingerprint density at radius 2 is 2.00 bits per heavy atom. The van der Waals surface area contributed by atoms with Crippen molar-refractivity contribution in [2.45, 2.75) is 38.6 Å². The van der Waals surface area contributed by atoms with Gasteiger partial charge in [0.1, 0.15) is 6.54 Å². The van der Waals surface area contributed by atoms with Crippen LogP contribution in [0.25, 0.3) is 0 Å². The molecule has 5 heteroatoms. The second kappa shape index (κ2) is 8.26. The van der Waals surface area contributed by atoms with Gasteiger partial charge in [-0.25, -0.2) is 4.98 Å². The first kappa shape index (κ1) is 18.2. The summed E-state index contributed by atoms with van der Waals surface area (Å²) in [6, 6.07) is 10.8. The smallest absolute Gasteiger partial charge is 0.242 e. The third kappa shape index (κ3) is 4.59. The van der Waals surface area contributed by atoms with Crippen LogP contribution in [0.4, 0.5) is 0 Å². The van der Waals surface area contributed by atoms with Gasteiger partial charge in [0.25, 0.3) is 0 Å². The first-order valence-corrected chi connectivity index (χ1v) is 10.2. The minimum Gasteiger partial charge on any atom is -0.341 e. The van der Waals surface area contributed by atoms with Crippen LogP contribution >= 0.6 is 0 Å². The maximum atomic E-state index is 12.6. The Labute approximate surface area is 162 Å². The standard InChI is InChI=1S/C22H30N4O/c27-21(16-25-15-11-23-19-25)26-14-10-22(18-26)9-5-13-24(17-22)12-4-8-20-6-2-1-3-7-20/h1-3,6-7,11,15,19H,4-5,8-10,12-14,16-18H2/t22-/m0/s1. The Hall–Kier alpha value is -2.14. The molecule has 0 saturated carbocycles. The van der Waals surface area contributed by atoms with E-state index in [1.165, 1.54) is 37.9 Å². The van der Waals surface area contributed by atoms with E-state index in [9.17, 15) is 4.79 Å². The van der Waals surface area contributed by atoms with Crippen LogP contribution in [-0.2, 0) is 17.8 Å². The topological polar surface area (TPSA) is 41.4 Å². The molecular weight excluding hydrogens is 336 g/mol. The van der Waals surface area contributed by atoms with Gasteiger partial charge in [-0.1, -0.05) is 30.3 Å². The van der Waals surface area contributed by atoms with E-state index >= 15 is 0 Å². The number of imidazole rings is 1. The van der Waals surface area contributed by atoms with Gasteiger partial charge in [0.15, 0.2) is 0 Å². The van der Waals surface area contributed by atoms with Crippen molar-refractivity contribution in [3.05, 3.63) is 54.6 Å². The first-order valence-electron chi connectivity index (χ1n) is 10.2. The lowest BCUT2D eigenvalue weighted by Gasteiger charge is -2.40. The maximum Gasteiger partial charge on any atom is 0.242 e. The number of aryl methyl sites for hydroxylation is 1. The van der Waals surface area contributed by atoms with E-state index in [1.54, 1.807) is 12.5 Å². The zero-order valence-electron chi connectivity index (χ0n) is 16.1. The molecule has 2 saturated heterocycles. The van der Waals surface area contributed by atoms with Gasteiger partial charge >= 0.3 is 0 Å². The lowest BCUT2D eigenvalue weighted by molar-refractivity contribution is -0.131. The van der Waals surface area contributed by atoms with Crippen LogP contribution in [0.1, 0.15) is 31.2 Å². The summed E-state index contributed by atoms with van der Waals surface area (Å²) in [5.41, 5.74) is 1.75. The number of nitrogens with zero attached hydrogens (tertiary/aromatic N) is 4. The summed E-state index contributed by atoms with van der Waals surface area (Å²) < 4.78 is 1.87. The van der Waals surface area contributed by atoms with Crippen molar-refractivity contribution >= 4 is 5.91 Å². The Balaban J connectivity index is 1.26. The van der Waals surface area contributed by atoms with Gasteiger partial charge in [-0.2, -0.15) is 0 Å². The maximum absolute atomic E-state index is 12.6. The minimum absolute atomic E-state index is 0.228. The molecule has 2 aliphatic heterocycles. The summed E-state index contributed by atoms with van der Waals surface area (Å²) in [5, 5.41) is 0. The van der Waals surface area contributed by atoms with Crippen LogP contribution in [-0.4, -0.2) is 58.0 Å². The van der Waals surface area contributed by atoms with Crippen molar-refractivity contribution in [1.82, 2.24) is 19.4 Å². The van der Waals surface area contributed by atoms with Crippen molar-refractivity contribution in [2.75, 3.05) is 32.7 Å². The number of aromatic nitrogens is 2. The zero-order chi connectivity index (χ0) is 18.5. The Morgan fingerprint density at radius 3 is 2.81 bits per heavy atom. The number of piperidine rings is 1. The molecule has 1 aromatic carbocycles. The number of hydrogen-bond acceptors (Lipinski definition) is 3. The van der Waals surface area contributed by atoms with E-state index in [0.29, 0.717) is 12.0 Å². The summed E-state index contributed by atoms with van der Waals surface area (Å²) in [7, 11) is 0. The summed E-state index contributed by atoms with van der Waals surface area (Å²) in [6.45, 7) is 5.77. The molecule has 1 spiro atoms. The molecular formula is C22H30N4O. The van der Waals surface area contributed by atoms with E-state index in [0.717, 1.165) is 32.5 Å². The van der Waals surface area contributed by atoms with Crippen molar-refractivity contribution in [3.63, 3.8) is 0 Å². The van der Waals surface area contributed by atoms with E-state index in [-0.39, 0.29) is 5.91 Å². The Kier molecular flexibility index (Phi) is 5.58. The molecule has 0 N–H and O–H groups in total. The number of rotatable bonds is 6. The van der Waals surface area contributed by atoms with Crippen LogP contribution in [0.15, 0.2) is 49.1 Å². The molecule has 5 nitrogen and oxygen atoms in total. The van der Waals surface area contributed by atoms with Crippen molar-refractivity contribution in [2.24, 2.45) is 5.41 Å². The fourth-order valence-electron chi connectivity index (χ4n) is 4.77. The molecule has 27 heavy (non-hydrogen) atoms. The van der Waals surface area contributed by atoms with Crippen LogP contribution < -0.4 is 0 Å². The number of hydrogen-bond donors (Lipinski definition) is 0. The third-order valence-electron chi connectivity index (χ3n) is 6.19. The second-order valence-corrected chi connectivity index (χ2v) is 8.27. The first-order chi connectivity index (χ1) is 13.2. The normalized spacial score (nSPS) is 23.2. The van der Waals surface area contributed by atoms with Gasteiger partial charge in [0.2, 0.25) is 5.91 Å². The lowest BCUT2D eigenvalue weighted by atomic mass is 9.79. The molecule has 4 rings (SSSR count). The van der Waals surface area contributed by atoms with Crippen molar-refractivity contribution in [1.29, 1.82) is 0 Å². The quantitative estimate of drug-likeness (QED) is 0.789. The number of likely N-dealkylation sites (tertiary alicyclic amines) is 2. The van der Waals surface area contributed by atoms with E-state index < -0.39 is 0 Å². The second-order valence-electron chi connectivity index (χ2n) is 8.27. The fourth-order valence-corrected chi connectivity index (χ4v) is 4.77. The van der Waals surface area contributed by atoms with Crippen molar-refractivity contribution < 1.29 is 4.79 Å². The summed E-state index contributed by atoms with van der Waals surface area (Å²) in [5.74, 6) is 0.228. The predicted octanol–water partition coefficient (Wildman–Crippen LogP) is 2.83. The van der Waals surface area contributed by atoms with Crippen LogP contribution in [0.5, 0.6) is 0 Å². The molecule has 0 unspecified atom stereocenters. The zero-order valence-corrected chi connectivity index (χ0v) is 16.1. The molecule has 0 radical (unpaired) electrons. The highest BCUT2D eigenvalue weighted by Crippen LogP contribution is 2.39. The van der Waals surface area contributed by atoms with Gasteiger partial charge in [-0.15, -0.1) is 0 Å². The molecule has 144 valence electrons. The highest BCUT2D eigenvalue weighted by Gasteiger charge is 2.42. The van der Waals surface area contributed by atoms with Gasteiger partial charge in [0.05, 0.1) is 6.33 Å². The van der Waals surface area contributed by atoms with E-state index in [2.05, 4.69) is 45.1 Å². The summed E-state index contributed by atoms with van der Waals surface area (Å²) in [6.07, 6.45) is 11.3. The van der Waals surface area contributed by atoms with E-state index in [4.69, 9.17) is 0 Å². The minimum atomic E-state index is 0.228. The number of carbonyl (C=O) groups excluding carboxylic acids is 1. The van der Waals surface area contributed by atoms with E-state index in [1.807, 2.05) is 10.8 Å². The number of benzene rings is 1. The van der Waals surface area contributed by atoms with Crippen LogP contribution in [0.2, 0.25) is 0 Å². The van der Waals surface area contributed by atoms with Crippen LogP contribution in [0, 0.1) is 5.41 Å². The van der Waals surface area contributed by atoms with Gasteiger partial charge < -0.3 is 14.4 Å². The Morgan fingerprint density at radius 1 is 1.11 bits per heavy atom. The Bertz CT molecular complexity index is 730. The molecule has 1 amide bonds. The molecule has 2 aliphatic rings. The number of amides is 1. The number of carbonyl (C=O) groups is 1. The fraction of sp³-hybridized carbons (Fsp3) is 0.545. The monoisotopic (exact) mass is 366 g/mol. The predicted molar refractivity (Wildman–Crippen MR) is 106 cm³/mol. The molecule has 0 aliphatic carbocycles. The summed E-state index contributed by atoms with van der Waals surface area (Å²) >= 11 is 0. The van der Waals surface area contributed by atoms with Crippen LogP contribution in [0.3, 0.4) is 0 Å². The largest absolute Gasteiger partial charge is 0.341 e. The molecule has 3 heterocycles. The molecule has 1 atom stereocenters. The average Bonchev–Trinajstić information content (AvgIpc) is 3.33. The highest BCUT2D eigenvalue weighted by molar-refractivity contribution is 5.76.